The number of carbonyl (C=O) groups is 1. The Kier molecular flexibility index (Phi) is 5.93. The van der Waals surface area contributed by atoms with Gasteiger partial charge in [-0.3, -0.25) is 4.79 Å². The van der Waals surface area contributed by atoms with Crippen molar-refractivity contribution >= 4 is 23.2 Å². The largest absolute Gasteiger partial charge is 0.491 e. The molecule has 3 aromatic carbocycles. The summed E-state index contributed by atoms with van der Waals surface area (Å²) in [6, 6.07) is 12.3. The molecule has 0 aromatic heterocycles. The second-order valence-electron chi connectivity index (χ2n) is 5.70. The van der Waals surface area contributed by atoms with Crippen LogP contribution in [-0.2, 0) is 0 Å². The number of hydrogen-bond acceptors (Lipinski definition) is 3. The zero-order valence-electron chi connectivity index (χ0n) is 14.7. The van der Waals surface area contributed by atoms with Gasteiger partial charge >= 0.3 is 0 Å². The zero-order valence-corrected chi connectivity index (χ0v) is 15.5. The lowest BCUT2D eigenvalue weighted by molar-refractivity contribution is 0.101. The van der Waals surface area contributed by atoms with Crippen LogP contribution in [0.1, 0.15) is 10.4 Å². The van der Waals surface area contributed by atoms with E-state index < -0.39 is 40.5 Å². The second kappa shape index (κ2) is 8.40. The van der Waals surface area contributed by atoms with Gasteiger partial charge in [-0.2, -0.15) is 8.78 Å². The predicted molar refractivity (Wildman–Crippen MR) is 98.7 cm³/mol. The average Bonchev–Trinajstić information content (AvgIpc) is 2.70. The summed E-state index contributed by atoms with van der Waals surface area (Å²) >= 11 is 5.79. The summed E-state index contributed by atoms with van der Waals surface area (Å²) < 4.78 is 65.4. The van der Waals surface area contributed by atoms with Crippen LogP contribution in [0, 0.1) is 23.3 Å². The molecule has 0 aliphatic carbocycles. The highest BCUT2D eigenvalue weighted by Gasteiger charge is 2.30. The zero-order chi connectivity index (χ0) is 21.1. The van der Waals surface area contributed by atoms with Gasteiger partial charge in [0.2, 0.25) is 11.6 Å². The van der Waals surface area contributed by atoms with Crippen molar-refractivity contribution < 1.29 is 31.8 Å². The number of halogens is 5. The Morgan fingerprint density at radius 3 is 1.79 bits per heavy atom. The fourth-order valence-electron chi connectivity index (χ4n) is 2.43. The molecule has 0 atom stereocenters. The van der Waals surface area contributed by atoms with Crippen LogP contribution < -0.4 is 14.8 Å². The van der Waals surface area contributed by atoms with Crippen LogP contribution in [0.2, 0.25) is 5.02 Å². The van der Waals surface area contributed by atoms with Gasteiger partial charge in [-0.1, -0.05) is 11.6 Å². The SMILES string of the molecule is COc1c(F)c(F)c(C(=O)Nc2ccc(Oc3ccc(Cl)cc3)cc2)c(F)c1F. The molecular formula is C20H12ClF4NO3. The molecule has 1 amide bonds. The van der Waals surface area contributed by atoms with Crippen LogP contribution in [0.25, 0.3) is 0 Å². The van der Waals surface area contributed by atoms with Crippen molar-refractivity contribution in [1.82, 2.24) is 0 Å². The van der Waals surface area contributed by atoms with Crippen molar-refractivity contribution in [3.8, 4) is 17.2 Å². The highest BCUT2D eigenvalue weighted by molar-refractivity contribution is 6.30. The number of anilines is 1. The van der Waals surface area contributed by atoms with Crippen LogP contribution in [-0.4, -0.2) is 13.0 Å². The van der Waals surface area contributed by atoms with E-state index in [9.17, 15) is 22.4 Å². The normalized spacial score (nSPS) is 10.6. The van der Waals surface area contributed by atoms with E-state index in [1.807, 2.05) is 0 Å². The van der Waals surface area contributed by atoms with E-state index >= 15 is 0 Å². The molecule has 29 heavy (non-hydrogen) atoms. The van der Waals surface area contributed by atoms with E-state index in [0.29, 0.717) is 16.5 Å². The Balaban J connectivity index is 1.78. The summed E-state index contributed by atoms with van der Waals surface area (Å²) in [5.41, 5.74) is -1.28. The first-order valence-corrected chi connectivity index (χ1v) is 8.44. The van der Waals surface area contributed by atoms with Gasteiger partial charge in [0, 0.05) is 10.7 Å². The molecule has 9 heteroatoms. The molecular weight excluding hydrogens is 414 g/mol. The highest BCUT2D eigenvalue weighted by Crippen LogP contribution is 2.30. The monoisotopic (exact) mass is 425 g/mol. The van der Waals surface area contributed by atoms with Crippen molar-refractivity contribution in [2.24, 2.45) is 0 Å². The Bertz CT molecular complexity index is 1030. The van der Waals surface area contributed by atoms with Crippen molar-refractivity contribution in [3.63, 3.8) is 0 Å². The fraction of sp³-hybridized carbons (Fsp3) is 0.0500. The number of benzene rings is 3. The lowest BCUT2D eigenvalue weighted by Gasteiger charge is -2.12. The van der Waals surface area contributed by atoms with Crippen LogP contribution in [0.4, 0.5) is 23.2 Å². The molecule has 0 aliphatic heterocycles. The maximum Gasteiger partial charge on any atom is 0.261 e. The van der Waals surface area contributed by atoms with Crippen molar-refractivity contribution in [3.05, 3.63) is 82.4 Å². The molecule has 0 spiro atoms. The molecule has 150 valence electrons. The molecule has 3 rings (SSSR count). The van der Waals surface area contributed by atoms with Crippen LogP contribution in [0.15, 0.2) is 48.5 Å². The van der Waals surface area contributed by atoms with E-state index in [4.69, 9.17) is 16.3 Å². The minimum Gasteiger partial charge on any atom is -0.491 e. The molecule has 0 bridgehead atoms. The molecule has 3 aromatic rings. The molecule has 0 saturated heterocycles. The molecule has 0 unspecified atom stereocenters. The number of hydrogen-bond donors (Lipinski definition) is 1. The quantitative estimate of drug-likeness (QED) is 0.406. The van der Waals surface area contributed by atoms with Crippen LogP contribution in [0.5, 0.6) is 17.2 Å². The molecule has 0 fully saturated rings. The van der Waals surface area contributed by atoms with E-state index in [1.165, 1.54) is 24.3 Å². The molecule has 0 aliphatic rings. The standard InChI is InChI=1S/C20H12ClF4NO3/c1-28-19-17(24)15(22)14(16(23)18(19)25)20(27)26-11-4-8-13(9-5-11)29-12-6-2-10(21)3-7-12/h2-9H,1H3,(H,26,27). The molecule has 0 saturated carbocycles. The third-order valence-corrected chi connectivity index (χ3v) is 4.07. The summed E-state index contributed by atoms with van der Waals surface area (Å²) in [7, 11) is 0.841. The number of carbonyl (C=O) groups excluding carboxylic acids is 1. The van der Waals surface area contributed by atoms with E-state index in [-0.39, 0.29) is 5.69 Å². The summed E-state index contributed by atoms with van der Waals surface area (Å²) in [5.74, 6) is -9.02. The lowest BCUT2D eigenvalue weighted by atomic mass is 10.1. The topological polar surface area (TPSA) is 47.6 Å². The van der Waals surface area contributed by atoms with Gasteiger partial charge in [-0.15, -0.1) is 0 Å². The van der Waals surface area contributed by atoms with Gasteiger partial charge in [-0.25, -0.2) is 8.78 Å². The number of rotatable bonds is 5. The molecule has 1 N–H and O–H groups in total. The Morgan fingerprint density at radius 1 is 0.828 bits per heavy atom. The first-order valence-electron chi connectivity index (χ1n) is 8.06. The Hall–Kier alpha value is -3.26. The average molecular weight is 426 g/mol. The van der Waals surface area contributed by atoms with E-state index in [1.54, 1.807) is 24.3 Å². The Labute approximate surface area is 167 Å². The second-order valence-corrected chi connectivity index (χ2v) is 6.14. The molecule has 0 radical (unpaired) electrons. The summed E-state index contributed by atoms with van der Waals surface area (Å²) in [6.45, 7) is 0. The third-order valence-electron chi connectivity index (χ3n) is 3.82. The van der Waals surface area contributed by atoms with Gasteiger partial charge in [0.25, 0.3) is 5.91 Å². The van der Waals surface area contributed by atoms with Crippen LogP contribution in [0.3, 0.4) is 0 Å². The van der Waals surface area contributed by atoms with Crippen molar-refractivity contribution in [1.29, 1.82) is 0 Å². The fourth-order valence-corrected chi connectivity index (χ4v) is 2.55. The maximum atomic E-state index is 14.0. The maximum absolute atomic E-state index is 14.0. The Morgan fingerprint density at radius 2 is 1.31 bits per heavy atom. The van der Waals surface area contributed by atoms with Gasteiger partial charge in [-0.05, 0) is 48.5 Å². The summed E-state index contributed by atoms with van der Waals surface area (Å²) in [4.78, 5) is 12.2. The van der Waals surface area contributed by atoms with Gasteiger partial charge in [0.05, 0.1) is 7.11 Å². The third kappa shape index (κ3) is 4.27. The van der Waals surface area contributed by atoms with Gasteiger partial charge < -0.3 is 14.8 Å². The van der Waals surface area contributed by atoms with E-state index in [2.05, 4.69) is 10.1 Å². The summed E-state index contributed by atoms with van der Waals surface area (Å²) in [6.07, 6.45) is 0. The van der Waals surface area contributed by atoms with E-state index in [0.717, 1.165) is 7.11 Å². The highest BCUT2D eigenvalue weighted by atomic mass is 35.5. The van der Waals surface area contributed by atoms with Gasteiger partial charge in [0.15, 0.2) is 17.4 Å². The van der Waals surface area contributed by atoms with Crippen LogP contribution >= 0.6 is 11.6 Å². The van der Waals surface area contributed by atoms with Crippen molar-refractivity contribution in [2.75, 3.05) is 12.4 Å². The lowest BCUT2D eigenvalue weighted by Crippen LogP contribution is -2.18. The predicted octanol–water partition coefficient (Wildman–Crippen LogP) is 5.95. The van der Waals surface area contributed by atoms with Gasteiger partial charge in [0.1, 0.15) is 17.1 Å². The summed E-state index contributed by atoms with van der Waals surface area (Å²) in [5, 5.41) is 2.71. The smallest absolute Gasteiger partial charge is 0.261 e. The van der Waals surface area contributed by atoms with Crippen molar-refractivity contribution in [2.45, 2.75) is 0 Å². The first-order chi connectivity index (χ1) is 13.8. The minimum atomic E-state index is -1.86. The number of ether oxygens (including phenoxy) is 2. The molecule has 4 nitrogen and oxygen atoms in total. The first kappa shape index (κ1) is 20.5. The number of amides is 1. The minimum absolute atomic E-state index is 0.119. The molecule has 0 heterocycles. The number of nitrogens with one attached hydrogen (secondary N) is 1. The number of methoxy groups -OCH3 is 1.